The average Bonchev–Trinajstić information content (AvgIpc) is 3.44. The first-order valence-electron chi connectivity index (χ1n) is 13.7. The fraction of sp³-hybridized carbons (Fsp3) is 0.265. The van der Waals surface area contributed by atoms with Gasteiger partial charge in [-0.15, -0.1) is 11.3 Å². The highest BCUT2D eigenvalue weighted by molar-refractivity contribution is 7.18. The molecule has 5 aromatic rings. The van der Waals surface area contributed by atoms with E-state index in [-0.39, 0.29) is 18.3 Å². The summed E-state index contributed by atoms with van der Waals surface area (Å²) in [5.74, 6) is 0. The van der Waals surface area contributed by atoms with Crippen molar-refractivity contribution in [1.29, 1.82) is 0 Å². The number of ether oxygens (including phenoxy) is 4. The first-order valence-corrected chi connectivity index (χ1v) is 14.5. The van der Waals surface area contributed by atoms with Gasteiger partial charge in [-0.05, 0) is 35.7 Å². The van der Waals surface area contributed by atoms with Crippen LogP contribution in [0, 0.1) is 0 Å². The zero-order valence-electron chi connectivity index (χ0n) is 22.5. The minimum Gasteiger partial charge on any atom is -0.368 e. The molecule has 6 rings (SSSR count). The van der Waals surface area contributed by atoms with Gasteiger partial charge in [-0.1, -0.05) is 103 Å². The van der Waals surface area contributed by atoms with Crippen LogP contribution in [0.4, 0.5) is 0 Å². The lowest BCUT2D eigenvalue weighted by Gasteiger charge is -2.45. The van der Waals surface area contributed by atoms with E-state index in [0.717, 1.165) is 31.9 Å². The third-order valence-corrected chi connectivity index (χ3v) is 8.28. The molecule has 0 radical (unpaired) electrons. The molecular weight excluding hydrogens is 518 g/mol. The van der Waals surface area contributed by atoms with Crippen LogP contribution in [-0.4, -0.2) is 29.4 Å². The van der Waals surface area contributed by atoms with E-state index in [4.69, 9.17) is 23.9 Å². The largest absolute Gasteiger partial charge is 0.368 e. The highest BCUT2D eigenvalue weighted by Gasteiger charge is 2.48. The zero-order chi connectivity index (χ0) is 27.1. The van der Waals surface area contributed by atoms with Gasteiger partial charge in [0.05, 0.1) is 36.1 Å². The average molecular weight is 552 g/mol. The maximum absolute atomic E-state index is 6.71. The predicted molar refractivity (Wildman–Crippen MR) is 158 cm³/mol. The quantitative estimate of drug-likeness (QED) is 0.180. The second-order valence-corrected chi connectivity index (χ2v) is 11.1. The molecule has 0 spiro atoms. The predicted octanol–water partition coefficient (Wildman–Crippen LogP) is 7.51. The molecule has 204 valence electrons. The summed E-state index contributed by atoms with van der Waals surface area (Å²) in [4.78, 5) is 4.96. The van der Waals surface area contributed by atoms with E-state index in [1.54, 1.807) is 11.3 Å². The van der Waals surface area contributed by atoms with Crippen LogP contribution < -0.4 is 0 Å². The minimum atomic E-state index is -0.429. The van der Waals surface area contributed by atoms with Crippen molar-refractivity contribution >= 4 is 21.6 Å². The molecule has 1 fully saturated rings. The highest BCUT2D eigenvalue weighted by atomic mass is 32.1. The van der Waals surface area contributed by atoms with Crippen LogP contribution in [0.25, 0.3) is 10.2 Å². The van der Waals surface area contributed by atoms with Crippen molar-refractivity contribution < 1.29 is 18.9 Å². The molecule has 1 aliphatic rings. The summed E-state index contributed by atoms with van der Waals surface area (Å²) in [6, 6.07) is 38.8. The van der Waals surface area contributed by atoms with Crippen LogP contribution in [0.5, 0.6) is 0 Å². The van der Waals surface area contributed by atoms with E-state index < -0.39 is 12.2 Å². The number of para-hydroxylation sites is 1. The summed E-state index contributed by atoms with van der Waals surface area (Å²) in [6.45, 7) is 3.40. The van der Waals surface area contributed by atoms with Crippen molar-refractivity contribution in [3.8, 4) is 0 Å². The maximum atomic E-state index is 6.71. The van der Waals surface area contributed by atoms with E-state index >= 15 is 0 Å². The Labute approximate surface area is 239 Å². The highest BCUT2D eigenvalue weighted by Crippen LogP contribution is 2.40. The molecule has 0 amide bonds. The molecule has 1 saturated heterocycles. The first-order chi connectivity index (χ1) is 19.7. The molecule has 2 heterocycles. The van der Waals surface area contributed by atoms with Gasteiger partial charge in [-0.2, -0.15) is 0 Å². The van der Waals surface area contributed by atoms with Crippen LogP contribution in [0.1, 0.15) is 34.7 Å². The second-order valence-electron chi connectivity index (χ2n) is 10.1. The van der Waals surface area contributed by atoms with Crippen LogP contribution in [0.2, 0.25) is 0 Å². The summed E-state index contributed by atoms with van der Waals surface area (Å²) in [5.41, 5.74) is 4.26. The molecule has 5 atom stereocenters. The Morgan fingerprint density at radius 2 is 1.07 bits per heavy atom. The Balaban J connectivity index is 1.33. The van der Waals surface area contributed by atoms with Gasteiger partial charge in [0, 0.05) is 0 Å². The van der Waals surface area contributed by atoms with Crippen molar-refractivity contribution in [2.75, 3.05) is 0 Å². The SMILES string of the molecule is C[C@@H]1O[C@H](c2nc3ccccc3s2)[C@@H](OCc2ccccc2)[C@H](OCc2ccccc2)[C@@H]1OCc1ccccc1. The minimum absolute atomic E-state index is 0.238. The monoisotopic (exact) mass is 551 g/mol. The van der Waals surface area contributed by atoms with Crippen molar-refractivity contribution in [1.82, 2.24) is 4.98 Å². The molecule has 0 bridgehead atoms. The second kappa shape index (κ2) is 12.9. The zero-order valence-corrected chi connectivity index (χ0v) is 23.3. The smallest absolute Gasteiger partial charge is 0.138 e. The van der Waals surface area contributed by atoms with Crippen LogP contribution >= 0.6 is 11.3 Å². The molecule has 5 nitrogen and oxygen atoms in total. The number of benzene rings is 4. The van der Waals surface area contributed by atoms with Gasteiger partial charge in [0.15, 0.2) is 0 Å². The van der Waals surface area contributed by atoms with E-state index in [2.05, 4.69) is 49.4 Å². The van der Waals surface area contributed by atoms with E-state index in [9.17, 15) is 0 Å². The number of hydrogen-bond donors (Lipinski definition) is 0. The van der Waals surface area contributed by atoms with Crippen LogP contribution in [0.3, 0.4) is 0 Å². The van der Waals surface area contributed by atoms with Crippen molar-refractivity contribution in [2.45, 2.75) is 57.3 Å². The summed E-state index contributed by atoms with van der Waals surface area (Å²) >= 11 is 1.65. The van der Waals surface area contributed by atoms with Gasteiger partial charge in [0.1, 0.15) is 29.4 Å². The molecule has 0 aliphatic carbocycles. The van der Waals surface area contributed by atoms with Crippen LogP contribution in [-0.2, 0) is 38.8 Å². The Morgan fingerprint density at radius 1 is 0.600 bits per heavy atom. The molecule has 0 N–H and O–H groups in total. The number of fused-ring (bicyclic) bond motifs is 1. The number of hydrogen-bond acceptors (Lipinski definition) is 6. The van der Waals surface area contributed by atoms with Gasteiger partial charge in [-0.25, -0.2) is 4.98 Å². The number of nitrogens with zero attached hydrogens (tertiary/aromatic N) is 1. The molecule has 40 heavy (non-hydrogen) atoms. The molecule has 1 aromatic heterocycles. The van der Waals surface area contributed by atoms with Crippen molar-refractivity contribution in [3.63, 3.8) is 0 Å². The molecule has 4 aromatic carbocycles. The van der Waals surface area contributed by atoms with E-state index in [1.165, 1.54) is 0 Å². The van der Waals surface area contributed by atoms with E-state index in [0.29, 0.717) is 19.8 Å². The van der Waals surface area contributed by atoms with Gasteiger partial charge < -0.3 is 18.9 Å². The van der Waals surface area contributed by atoms with Gasteiger partial charge >= 0.3 is 0 Å². The summed E-state index contributed by atoms with van der Waals surface area (Å²) in [7, 11) is 0. The maximum Gasteiger partial charge on any atom is 0.138 e. The Bertz CT molecular complexity index is 1440. The molecular formula is C34H33NO4S. The fourth-order valence-electron chi connectivity index (χ4n) is 5.13. The molecule has 0 unspecified atom stereocenters. The van der Waals surface area contributed by atoms with Gasteiger partial charge in [-0.3, -0.25) is 0 Å². The standard InChI is InChI=1S/C34H33NO4S/c1-24-30(36-21-25-13-5-2-6-14-25)31(37-22-26-15-7-3-8-16-26)32(38-23-27-17-9-4-10-18-27)33(39-24)34-35-28-19-11-12-20-29(28)40-34/h2-20,24,30-33H,21-23H2,1H3/t24-,30+,31+,32-,33-/m0/s1. The lowest BCUT2D eigenvalue weighted by molar-refractivity contribution is -0.263. The normalized spacial score (nSPS) is 22.9. The Kier molecular flexibility index (Phi) is 8.62. The molecule has 1 aliphatic heterocycles. The number of rotatable bonds is 10. The van der Waals surface area contributed by atoms with Gasteiger partial charge in [0.25, 0.3) is 0 Å². The molecule has 0 saturated carbocycles. The third-order valence-electron chi connectivity index (χ3n) is 7.18. The Hall–Kier alpha value is -3.39. The molecule has 6 heteroatoms. The lowest BCUT2D eigenvalue weighted by Crippen LogP contribution is -2.56. The summed E-state index contributed by atoms with van der Waals surface area (Å²) in [6.07, 6.45) is -1.78. The topological polar surface area (TPSA) is 49.8 Å². The fourth-order valence-corrected chi connectivity index (χ4v) is 6.17. The van der Waals surface area contributed by atoms with Crippen LogP contribution in [0.15, 0.2) is 115 Å². The third kappa shape index (κ3) is 6.33. The van der Waals surface area contributed by atoms with Crippen molar-refractivity contribution in [2.24, 2.45) is 0 Å². The summed E-state index contributed by atoms with van der Waals surface area (Å²) < 4.78 is 27.8. The Morgan fingerprint density at radius 3 is 1.62 bits per heavy atom. The first kappa shape index (κ1) is 26.8. The number of aromatic nitrogens is 1. The number of thiazole rings is 1. The summed E-state index contributed by atoms with van der Waals surface area (Å²) in [5, 5.41) is 0.890. The van der Waals surface area contributed by atoms with Gasteiger partial charge in [0.2, 0.25) is 0 Å². The lowest BCUT2D eigenvalue weighted by atomic mass is 9.94. The van der Waals surface area contributed by atoms with Crippen molar-refractivity contribution in [3.05, 3.63) is 137 Å². The van der Waals surface area contributed by atoms with E-state index in [1.807, 2.05) is 72.8 Å².